The highest BCUT2D eigenvalue weighted by Crippen LogP contribution is 2.01. The molecule has 0 radical (unpaired) electrons. The number of nitrogens with zero attached hydrogens (tertiary/aromatic N) is 2. The second kappa shape index (κ2) is 3.19. The first-order valence-corrected chi connectivity index (χ1v) is 3.39. The molecular formula is C5H7N3S. The van der Waals surface area contributed by atoms with E-state index in [0.717, 1.165) is 12.4 Å². The van der Waals surface area contributed by atoms with Crippen molar-refractivity contribution in [3.63, 3.8) is 0 Å². The zero-order valence-corrected chi connectivity index (χ0v) is 5.69. The summed E-state index contributed by atoms with van der Waals surface area (Å²) < 4.78 is 3.67. The fourth-order valence-electron chi connectivity index (χ4n) is 0.418. The lowest BCUT2D eigenvalue weighted by molar-refractivity contribution is 1.13. The largest absolute Gasteiger partial charge is 0.364 e. The van der Waals surface area contributed by atoms with E-state index in [2.05, 4.69) is 21.5 Å². The second-order valence-corrected chi connectivity index (χ2v) is 2.07. The molecule has 0 aliphatic carbocycles. The van der Waals surface area contributed by atoms with Gasteiger partial charge in [0.05, 0.1) is 5.38 Å². The predicted molar refractivity (Wildman–Crippen MR) is 38.6 cm³/mol. The van der Waals surface area contributed by atoms with Crippen LogP contribution < -0.4 is 5.32 Å². The maximum absolute atomic E-state index is 3.76. The lowest BCUT2D eigenvalue weighted by atomic mass is 10.6. The molecule has 0 bridgehead atoms. The van der Waals surface area contributed by atoms with E-state index in [4.69, 9.17) is 0 Å². The maximum Gasteiger partial charge on any atom is 0.161 e. The van der Waals surface area contributed by atoms with Gasteiger partial charge in [0, 0.05) is 6.54 Å². The van der Waals surface area contributed by atoms with E-state index in [1.165, 1.54) is 11.5 Å². The molecule has 3 nitrogen and oxygen atoms in total. The Hall–Kier alpha value is -0.900. The first kappa shape index (κ1) is 6.22. The monoisotopic (exact) mass is 141 g/mol. The van der Waals surface area contributed by atoms with Gasteiger partial charge in [-0.1, -0.05) is 10.6 Å². The molecule has 48 valence electrons. The topological polar surface area (TPSA) is 37.8 Å². The number of nitrogens with one attached hydrogen (secondary N) is 1. The van der Waals surface area contributed by atoms with Crippen LogP contribution in [0.2, 0.25) is 0 Å². The van der Waals surface area contributed by atoms with Gasteiger partial charge in [-0.15, -0.1) is 11.7 Å². The molecule has 1 aromatic rings. The van der Waals surface area contributed by atoms with Crippen LogP contribution in [0, 0.1) is 0 Å². The Morgan fingerprint density at radius 2 is 2.78 bits per heavy atom. The molecule has 0 saturated carbocycles. The van der Waals surface area contributed by atoms with E-state index in [1.54, 1.807) is 6.08 Å². The van der Waals surface area contributed by atoms with Gasteiger partial charge in [-0.25, -0.2) is 0 Å². The maximum atomic E-state index is 3.76. The summed E-state index contributed by atoms with van der Waals surface area (Å²) >= 11 is 1.33. The molecule has 1 aromatic heterocycles. The second-order valence-electron chi connectivity index (χ2n) is 1.46. The van der Waals surface area contributed by atoms with Gasteiger partial charge in [0.2, 0.25) is 0 Å². The molecule has 1 rings (SSSR count). The van der Waals surface area contributed by atoms with Gasteiger partial charge in [0.25, 0.3) is 0 Å². The Bertz CT molecular complexity index is 170. The summed E-state index contributed by atoms with van der Waals surface area (Å²) in [5.41, 5.74) is 0. The highest BCUT2D eigenvalue weighted by molar-refractivity contribution is 7.03. The Morgan fingerprint density at radius 3 is 3.33 bits per heavy atom. The molecule has 9 heavy (non-hydrogen) atoms. The van der Waals surface area contributed by atoms with E-state index in [1.807, 2.05) is 5.38 Å². The third kappa shape index (κ3) is 1.81. The van der Waals surface area contributed by atoms with Crippen molar-refractivity contribution >= 4 is 17.4 Å². The molecule has 0 unspecified atom stereocenters. The summed E-state index contributed by atoms with van der Waals surface area (Å²) in [6.07, 6.45) is 1.78. The SMILES string of the molecule is C=CCNc1csnn1. The van der Waals surface area contributed by atoms with Crippen LogP contribution in [0.1, 0.15) is 0 Å². The van der Waals surface area contributed by atoms with E-state index >= 15 is 0 Å². The van der Waals surface area contributed by atoms with Crippen LogP contribution in [0.5, 0.6) is 0 Å². The number of anilines is 1. The van der Waals surface area contributed by atoms with Crippen molar-refractivity contribution in [1.29, 1.82) is 0 Å². The van der Waals surface area contributed by atoms with Gasteiger partial charge in [-0.3, -0.25) is 0 Å². The van der Waals surface area contributed by atoms with Crippen molar-refractivity contribution in [3.05, 3.63) is 18.0 Å². The Labute approximate surface area is 57.6 Å². The molecule has 0 aromatic carbocycles. The van der Waals surface area contributed by atoms with Crippen LogP contribution in [0.4, 0.5) is 5.82 Å². The minimum absolute atomic E-state index is 0.741. The van der Waals surface area contributed by atoms with Gasteiger partial charge < -0.3 is 5.32 Å². The quantitative estimate of drug-likeness (QED) is 0.641. The van der Waals surface area contributed by atoms with Crippen molar-refractivity contribution in [1.82, 2.24) is 9.59 Å². The summed E-state index contributed by atoms with van der Waals surface area (Å²) in [4.78, 5) is 0. The standard InChI is InChI=1S/C5H7N3S/c1-2-3-6-5-4-9-8-7-5/h2,4,6H,1,3H2. The summed E-state index contributed by atoms with van der Waals surface area (Å²) in [6, 6.07) is 0. The Kier molecular flexibility index (Phi) is 2.21. The molecule has 0 aliphatic rings. The molecule has 0 fully saturated rings. The van der Waals surface area contributed by atoms with Crippen LogP contribution in [-0.2, 0) is 0 Å². The van der Waals surface area contributed by atoms with Crippen molar-refractivity contribution in [2.24, 2.45) is 0 Å². The summed E-state index contributed by atoms with van der Waals surface area (Å²) in [5, 5.41) is 8.61. The van der Waals surface area contributed by atoms with Gasteiger partial charge >= 0.3 is 0 Å². The van der Waals surface area contributed by atoms with Crippen molar-refractivity contribution in [2.45, 2.75) is 0 Å². The lowest BCUT2D eigenvalue weighted by Crippen LogP contribution is -1.97. The summed E-state index contributed by atoms with van der Waals surface area (Å²) in [7, 11) is 0. The predicted octanol–water partition coefficient (Wildman–Crippen LogP) is 1.14. The van der Waals surface area contributed by atoms with E-state index in [0.29, 0.717) is 0 Å². The lowest BCUT2D eigenvalue weighted by Gasteiger charge is -1.92. The number of hydrogen-bond acceptors (Lipinski definition) is 4. The highest BCUT2D eigenvalue weighted by Gasteiger charge is 1.88. The molecule has 0 aliphatic heterocycles. The molecular weight excluding hydrogens is 134 g/mol. The summed E-state index contributed by atoms with van der Waals surface area (Å²) in [5.74, 6) is 0.819. The van der Waals surface area contributed by atoms with Gasteiger partial charge in [0.1, 0.15) is 0 Å². The van der Waals surface area contributed by atoms with E-state index in [-0.39, 0.29) is 0 Å². The van der Waals surface area contributed by atoms with Crippen LogP contribution in [0.15, 0.2) is 18.0 Å². The van der Waals surface area contributed by atoms with E-state index < -0.39 is 0 Å². The number of hydrogen-bond donors (Lipinski definition) is 1. The third-order valence-corrected chi connectivity index (χ3v) is 1.29. The fraction of sp³-hybridized carbons (Fsp3) is 0.200. The first-order valence-electron chi connectivity index (χ1n) is 2.55. The molecule has 0 spiro atoms. The van der Waals surface area contributed by atoms with E-state index in [9.17, 15) is 0 Å². The zero-order chi connectivity index (χ0) is 6.53. The normalized spacial score (nSPS) is 8.89. The van der Waals surface area contributed by atoms with Crippen LogP contribution in [0.3, 0.4) is 0 Å². The average Bonchev–Trinajstić information content (AvgIpc) is 2.34. The van der Waals surface area contributed by atoms with Gasteiger partial charge in [-0.05, 0) is 11.5 Å². The number of aromatic nitrogens is 2. The minimum Gasteiger partial charge on any atom is -0.364 e. The first-order chi connectivity index (χ1) is 4.43. The molecule has 0 amide bonds. The van der Waals surface area contributed by atoms with Crippen molar-refractivity contribution in [3.8, 4) is 0 Å². The van der Waals surface area contributed by atoms with Crippen LogP contribution in [-0.4, -0.2) is 16.1 Å². The summed E-state index contributed by atoms with van der Waals surface area (Å²) in [6.45, 7) is 4.29. The number of rotatable bonds is 3. The molecule has 4 heteroatoms. The van der Waals surface area contributed by atoms with Crippen molar-refractivity contribution in [2.75, 3.05) is 11.9 Å². The van der Waals surface area contributed by atoms with Gasteiger partial charge in [-0.2, -0.15) is 0 Å². The Balaban J connectivity index is 2.38. The van der Waals surface area contributed by atoms with Crippen LogP contribution >= 0.6 is 11.5 Å². The molecule has 0 saturated heterocycles. The fourth-order valence-corrected chi connectivity index (χ4v) is 0.831. The molecule has 0 atom stereocenters. The zero-order valence-electron chi connectivity index (χ0n) is 4.87. The van der Waals surface area contributed by atoms with Crippen LogP contribution in [0.25, 0.3) is 0 Å². The molecule has 1 N–H and O–H groups in total. The highest BCUT2D eigenvalue weighted by atomic mass is 32.1. The molecule has 1 heterocycles. The van der Waals surface area contributed by atoms with Crippen molar-refractivity contribution < 1.29 is 0 Å². The third-order valence-electron chi connectivity index (χ3n) is 0.788. The Morgan fingerprint density at radius 1 is 1.89 bits per heavy atom. The smallest absolute Gasteiger partial charge is 0.161 e. The average molecular weight is 141 g/mol. The minimum atomic E-state index is 0.741. The van der Waals surface area contributed by atoms with Gasteiger partial charge in [0.15, 0.2) is 5.82 Å².